The number of rotatable bonds is 5. The molecule has 0 radical (unpaired) electrons. The van der Waals surface area contributed by atoms with E-state index in [9.17, 15) is 4.79 Å². The fraction of sp³-hybridized carbons (Fsp3) is 0.455. The molecule has 1 heterocycles. The van der Waals surface area contributed by atoms with E-state index in [0.717, 1.165) is 0 Å². The van der Waals surface area contributed by atoms with E-state index in [1.54, 1.807) is 18.3 Å². The number of methoxy groups -OCH3 is 1. The number of nitrogens with one attached hydrogen (secondary N) is 1. The van der Waals surface area contributed by atoms with Crippen LogP contribution in [-0.2, 0) is 0 Å². The van der Waals surface area contributed by atoms with Crippen molar-refractivity contribution in [1.82, 2.24) is 10.3 Å². The molecule has 94 valence electrons. The molecule has 1 aromatic heterocycles. The number of pyridine rings is 1. The Morgan fingerprint density at radius 1 is 1.53 bits per heavy atom. The normalized spacial score (nSPS) is 11.1. The fourth-order valence-corrected chi connectivity index (χ4v) is 2.38. The standard InChI is InChI=1S/C11H14Br2N2O2/c1-11(6-12,7-13)15-9(16)8-4-3-5-14-10(8)17-2/h3-5H,6-7H2,1-2H3,(H,15,16). The molecule has 1 aromatic rings. The maximum atomic E-state index is 12.1. The van der Waals surface area contributed by atoms with Crippen LogP contribution >= 0.6 is 31.9 Å². The molecule has 0 aliphatic heterocycles. The molecule has 0 bridgehead atoms. The largest absolute Gasteiger partial charge is 0.480 e. The Morgan fingerprint density at radius 3 is 2.71 bits per heavy atom. The fourth-order valence-electron chi connectivity index (χ4n) is 1.17. The molecule has 17 heavy (non-hydrogen) atoms. The first-order chi connectivity index (χ1) is 8.06. The van der Waals surface area contributed by atoms with Crippen LogP contribution in [0.2, 0.25) is 0 Å². The SMILES string of the molecule is COc1ncccc1C(=O)NC(C)(CBr)CBr. The summed E-state index contributed by atoms with van der Waals surface area (Å²) in [5, 5.41) is 4.24. The van der Waals surface area contributed by atoms with Gasteiger partial charge >= 0.3 is 0 Å². The number of amides is 1. The molecule has 1 N–H and O–H groups in total. The molecule has 4 nitrogen and oxygen atoms in total. The van der Waals surface area contributed by atoms with Gasteiger partial charge in [0.15, 0.2) is 0 Å². The monoisotopic (exact) mass is 364 g/mol. The Kier molecular flexibility index (Phi) is 5.39. The maximum Gasteiger partial charge on any atom is 0.257 e. The van der Waals surface area contributed by atoms with E-state index in [0.29, 0.717) is 22.1 Å². The summed E-state index contributed by atoms with van der Waals surface area (Å²) >= 11 is 6.75. The third-order valence-electron chi connectivity index (χ3n) is 2.21. The van der Waals surface area contributed by atoms with Crippen molar-refractivity contribution in [3.8, 4) is 5.88 Å². The van der Waals surface area contributed by atoms with Crippen molar-refractivity contribution in [2.45, 2.75) is 12.5 Å². The van der Waals surface area contributed by atoms with Gasteiger partial charge in [0.05, 0.1) is 12.6 Å². The zero-order chi connectivity index (χ0) is 12.9. The van der Waals surface area contributed by atoms with E-state index in [4.69, 9.17) is 4.74 Å². The molecule has 6 heteroatoms. The van der Waals surface area contributed by atoms with Gasteiger partial charge in [-0.05, 0) is 19.1 Å². The molecule has 0 aliphatic carbocycles. The molecule has 0 aliphatic rings. The highest BCUT2D eigenvalue weighted by Crippen LogP contribution is 2.17. The van der Waals surface area contributed by atoms with E-state index in [1.807, 2.05) is 6.92 Å². The topological polar surface area (TPSA) is 51.2 Å². The maximum absolute atomic E-state index is 12.1. The van der Waals surface area contributed by atoms with Gasteiger partial charge in [0, 0.05) is 16.9 Å². The number of carbonyl (C=O) groups excluding carboxylic acids is 1. The minimum atomic E-state index is -0.349. The average molecular weight is 366 g/mol. The Hall–Kier alpha value is -0.620. The van der Waals surface area contributed by atoms with E-state index >= 15 is 0 Å². The number of aromatic nitrogens is 1. The number of hydrogen-bond acceptors (Lipinski definition) is 3. The van der Waals surface area contributed by atoms with Crippen LogP contribution in [-0.4, -0.2) is 34.2 Å². The summed E-state index contributed by atoms with van der Waals surface area (Å²) < 4.78 is 5.05. The molecule has 0 unspecified atom stereocenters. The van der Waals surface area contributed by atoms with Crippen LogP contribution in [0.25, 0.3) is 0 Å². The predicted octanol–water partition coefficient (Wildman–Crippen LogP) is 2.37. The summed E-state index contributed by atoms with van der Waals surface area (Å²) in [6.07, 6.45) is 1.59. The summed E-state index contributed by atoms with van der Waals surface area (Å²) in [4.78, 5) is 16.1. The molecule has 0 saturated carbocycles. The molecular formula is C11H14Br2N2O2. The molecule has 1 amide bonds. The highest BCUT2D eigenvalue weighted by atomic mass is 79.9. The van der Waals surface area contributed by atoms with Gasteiger partial charge in [-0.15, -0.1) is 0 Å². The first-order valence-corrected chi connectivity index (χ1v) is 7.24. The van der Waals surface area contributed by atoms with Crippen LogP contribution in [0.1, 0.15) is 17.3 Å². The van der Waals surface area contributed by atoms with Crippen LogP contribution in [0, 0.1) is 0 Å². The van der Waals surface area contributed by atoms with Crippen LogP contribution < -0.4 is 10.1 Å². The van der Waals surface area contributed by atoms with Crippen molar-refractivity contribution in [3.63, 3.8) is 0 Å². The molecule has 0 fully saturated rings. The molecule has 0 atom stereocenters. The van der Waals surface area contributed by atoms with Gasteiger partial charge in [-0.1, -0.05) is 31.9 Å². The molecule has 1 rings (SSSR count). The van der Waals surface area contributed by atoms with E-state index in [1.165, 1.54) is 7.11 Å². The zero-order valence-electron chi connectivity index (χ0n) is 9.67. The zero-order valence-corrected chi connectivity index (χ0v) is 12.8. The first-order valence-electron chi connectivity index (χ1n) is 5.00. The lowest BCUT2D eigenvalue weighted by Gasteiger charge is -2.26. The van der Waals surface area contributed by atoms with E-state index in [-0.39, 0.29) is 11.4 Å². The van der Waals surface area contributed by atoms with Crippen molar-refractivity contribution < 1.29 is 9.53 Å². The number of nitrogens with zero attached hydrogens (tertiary/aromatic N) is 1. The summed E-state index contributed by atoms with van der Waals surface area (Å²) in [6, 6.07) is 3.39. The van der Waals surface area contributed by atoms with E-state index < -0.39 is 0 Å². The van der Waals surface area contributed by atoms with Gasteiger partial charge < -0.3 is 10.1 Å². The van der Waals surface area contributed by atoms with Gasteiger partial charge in [-0.25, -0.2) is 4.98 Å². The second kappa shape index (κ2) is 6.35. The summed E-state index contributed by atoms with van der Waals surface area (Å²) in [5.74, 6) is 0.132. The Balaban J connectivity index is 2.90. The Bertz CT molecular complexity index is 395. The van der Waals surface area contributed by atoms with Gasteiger partial charge in [0.2, 0.25) is 5.88 Å². The van der Waals surface area contributed by atoms with Crippen molar-refractivity contribution >= 4 is 37.8 Å². The lowest BCUT2D eigenvalue weighted by Crippen LogP contribution is -2.49. The minimum Gasteiger partial charge on any atom is -0.480 e. The van der Waals surface area contributed by atoms with Crippen molar-refractivity contribution in [2.75, 3.05) is 17.8 Å². The highest BCUT2D eigenvalue weighted by molar-refractivity contribution is 9.09. The quantitative estimate of drug-likeness (QED) is 0.815. The van der Waals surface area contributed by atoms with Crippen LogP contribution in [0.4, 0.5) is 0 Å². The predicted molar refractivity (Wildman–Crippen MR) is 74.2 cm³/mol. The highest BCUT2D eigenvalue weighted by Gasteiger charge is 2.25. The molecular weight excluding hydrogens is 352 g/mol. The summed E-state index contributed by atoms with van der Waals surface area (Å²) in [6.45, 7) is 1.94. The van der Waals surface area contributed by atoms with Gasteiger partial charge in [0.1, 0.15) is 5.56 Å². The Morgan fingerprint density at radius 2 is 2.18 bits per heavy atom. The molecule has 0 aromatic carbocycles. The number of hydrogen-bond donors (Lipinski definition) is 1. The molecule has 0 saturated heterocycles. The second-order valence-corrected chi connectivity index (χ2v) is 4.96. The second-order valence-electron chi connectivity index (χ2n) is 3.84. The number of alkyl halides is 2. The van der Waals surface area contributed by atoms with Crippen LogP contribution in [0.3, 0.4) is 0 Å². The lowest BCUT2D eigenvalue weighted by molar-refractivity contribution is 0.0919. The van der Waals surface area contributed by atoms with E-state index in [2.05, 4.69) is 42.2 Å². The number of ether oxygens (including phenoxy) is 1. The smallest absolute Gasteiger partial charge is 0.257 e. The third kappa shape index (κ3) is 3.67. The summed E-state index contributed by atoms with van der Waals surface area (Å²) in [5.41, 5.74) is 0.0842. The summed E-state index contributed by atoms with van der Waals surface area (Å²) in [7, 11) is 1.49. The van der Waals surface area contributed by atoms with Crippen molar-refractivity contribution in [1.29, 1.82) is 0 Å². The first kappa shape index (κ1) is 14.4. The molecule has 0 spiro atoms. The van der Waals surface area contributed by atoms with Gasteiger partial charge in [-0.3, -0.25) is 4.79 Å². The Labute approximate surface area is 117 Å². The third-order valence-corrected chi connectivity index (χ3v) is 4.69. The van der Waals surface area contributed by atoms with Crippen LogP contribution in [0.15, 0.2) is 18.3 Å². The van der Waals surface area contributed by atoms with Crippen LogP contribution in [0.5, 0.6) is 5.88 Å². The number of halogens is 2. The van der Waals surface area contributed by atoms with Crippen molar-refractivity contribution in [3.05, 3.63) is 23.9 Å². The lowest BCUT2D eigenvalue weighted by atomic mass is 10.1. The average Bonchev–Trinajstić information content (AvgIpc) is 2.38. The number of carbonyl (C=O) groups is 1. The van der Waals surface area contributed by atoms with Gasteiger partial charge in [0.25, 0.3) is 5.91 Å². The minimum absolute atomic E-state index is 0.198. The van der Waals surface area contributed by atoms with Crippen molar-refractivity contribution in [2.24, 2.45) is 0 Å². The van der Waals surface area contributed by atoms with Gasteiger partial charge in [-0.2, -0.15) is 0 Å².